The summed E-state index contributed by atoms with van der Waals surface area (Å²) in [6.45, 7) is 3.98. The molecule has 2 saturated heterocycles. The normalized spacial score (nSPS) is 17.3. The van der Waals surface area contributed by atoms with Crippen LogP contribution in [0.15, 0.2) is 36.4 Å². The van der Waals surface area contributed by atoms with Crippen LogP contribution < -0.4 is 5.32 Å². The smallest absolute Gasteiger partial charge is 0.257 e. The summed E-state index contributed by atoms with van der Waals surface area (Å²) < 4.78 is 26.7. The third-order valence-electron chi connectivity index (χ3n) is 6.56. The topological polar surface area (TPSA) is 93.2 Å². The fraction of sp³-hybridized carbons (Fsp3) is 0.400. The Morgan fingerprint density at radius 3 is 2.11 bits per heavy atom. The second kappa shape index (κ2) is 10.4. The van der Waals surface area contributed by atoms with Gasteiger partial charge in [-0.15, -0.1) is 0 Å². The Morgan fingerprint density at radius 2 is 1.51 bits per heavy atom. The minimum Gasteiger partial charge on any atom is -0.507 e. The van der Waals surface area contributed by atoms with E-state index in [0.717, 1.165) is 38.3 Å². The molecule has 0 radical (unpaired) electrons. The highest BCUT2D eigenvalue weighted by atomic mass is 19.1. The molecule has 2 aromatic carbocycles. The van der Waals surface area contributed by atoms with Crippen LogP contribution in [0.3, 0.4) is 0 Å². The zero-order chi connectivity index (χ0) is 25.1. The van der Waals surface area contributed by atoms with E-state index in [4.69, 9.17) is 0 Å². The maximum Gasteiger partial charge on any atom is 0.257 e. The summed E-state index contributed by atoms with van der Waals surface area (Å²) in [5, 5.41) is 12.9. The molecule has 0 bridgehead atoms. The van der Waals surface area contributed by atoms with Crippen molar-refractivity contribution in [3.63, 3.8) is 0 Å². The predicted molar refractivity (Wildman–Crippen MR) is 125 cm³/mol. The lowest BCUT2D eigenvalue weighted by Crippen LogP contribution is -2.51. The van der Waals surface area contributed by atoms with Crippen molar-refractivity contribution < 1.29 is 28.3 Å². The van der Waals surface area contributed by atoms with E-state index in [1.54, 1.807) is 4.90 Å². The van der Waals surface area contributed by atoms with Crippen LogP contribution in [0.5, 0.6) is 5.75 Å². The van der Waals surface area contributed by atoms with Crippen LogP contribution in [-0.2, 0) is 4.79 Å². The van der Waals surface area contributed by atoms with E-state index in [1.165, 1.54) is 18.2 Å². The number of piperidine rings is 1. The number of nitrogens with zero attached hydrogens (tertiary/aromatic N) is 3. The predicted octanol–water partition coefficient (Wildman–Crippen LogP) is 2.55. The van der Waals surface area contributed by atoms with E-state index < -0.39 is 17.5 Å². The highest BCUT2D eigenvalue weighted by Gasteiger charge is 2.32. The zero-order valence-corrected chi connectivity index (χ0v) is 19.5. The van der Waals surface area contributed by atoms with Gasteiger partial charge in [0.2, 0.25) is 5.91 Å². The van der Waals surface area contributed by atoms with Crippen molar-refractivity contribution in [1.29, 1.82) is 0 Å². The van der Waals surface area contributed by atoms with Crippen LogP contribution in [0.4, 0.5) is 14.5 Å². The molecule has 35 heavy (non-hydrogen) atoms. The number of aromatic hydroxyl groups is 1. The first kappa shape index (κ1) is 24.6. The van der Waals surface area contributed by atoms with Gasteiger partial charge in [0.1, 0.15) is 17.4 Å². The number of halogens is 2. The van der Waals surface area contributed by atoms with Gasteiger partial charge in [0.05, 0.1) is 5.56 Å². The Labute approximate surface area is 202 Å². The summed E-state index contributed by atoms with van der Waals surface area (Å²) in [6.07, 6.45) is 1.13. The fourth-order valence-corrected chi connectivity index (χ4v) is 4.46. The maximum atomic E-state index is 13.4. The van der Waals surface area contributed by atoms with Gasteiger partial charge in [-0.3, -0.25) is 14.4 Å². The monoisotopic (exact) mass is 486 g/mol. The van der Waals surface area contributed by atoms with E-state index in [0.29, 0.717) is 32.0 Å². The highest BCUT2D eigenvalue weighted by Crippen LogP contribution is 2.27. The molecule has 8 nitrogen and oxygen atoms in total. The van der Waals surface area contributed by atoms with E-state index in [9.17, 15) is 28.3 Å². The molecule has 0 aliphatic carbocycles. The van der Waals surface area contributed by atoms with E-state index >= 15 is 0 Å². The Hall–Kier alpha value is -3.53. The van der Waals surface area contributed by atoms with Crippen LogP contribution in [0.2, 0.25) is 0 Å². The zero-order valence-electron chi connectivity index (χ0n) is 19.5. The molecule has 0 unspecified atom stereocenters. The molecule has 2 aromatic rings. The van der Waals surface area contributed by atoms with Gasteiger partial charge in [-0.25, -0.2) is 8.78 Å². The number of rotatable bonds is 4. The van der Waals surface area contributed by atoms with Gasteiger partial charge < -0.3 is 25.1 Å². The number of amides is 3. The molecule has 4 rings (SSSR count). The summed E-state index contributed by atoms with van der Waals surface area (Å²) in [5.41, 5.74) is 0.0324. The summed E-state index contributed by atoms with van der Waals surface area (Å²) in [4.78, 5) is 43.8. The van der Waals surface area contributed by atoms with Gasteiger partial charge in [0.25, 0.3) is 11.8 Å². The fourth-order valence-electron chi connectivity index (χ4n) is 4.46. The Balaban J connectivity index is 1.34. The molecule has 0 atom stereocenters. The summed E-state index contributed by atoms with van der Waals surface area (Å²) >= 11 is 0. The molecular weight excluding hydrogens is 458 g/mol. The van der Waals surface area contributed by atoms with Crippen molar-refractivity contribution in [2.75, 3.05) is 51.6 Å². The molecule has 2 heterocycles. The number of carbonyl (C=O) groups excluding carboxylic acids is 3. The van der Waals surface area contributed by atoms with Gasteiger partial charge >= 0.3 is 0 Å². The van der Waals surface area contributed by atoms with Crippen molar-refractivity contribution in [2.24, 2.45) is 5.92 Å². The average molecular weight is 487 g/mol. The minimum absolute atomic E-state index is 0.0728. The first-order valence-electron chi connectivity index (χ1n) is 11.6. The van der Waals surface area contributed by atoms with Gasteiger partial charge in [-0.2, -0.15) is 0 Å². The number of phenols is 1. The van der Waals surface area contributed by atoms with Crippen molar-refractivity contribution >= 4 is 23.4 Å². The van der Waals surface area contributed by atoms with E-state index in [1.807, 2.05) is 11.9 Å². The van der Waals surface area contributed by atoms with Crippen molar-refractivity contribution in [3.8, 4) is 5.75 Å². The summed E-state index contributed by atoms with van der Waals surface area (Å²) in [5.74, 6) is -3.17. The number of anilines is 1. The molecule has 0 saturated carbocycles. The molecule has 2 aliphatic heterocycles. The first-order valence-corrected chi connectivity index (χ1v) is 11.6. The lowest BCUT2D eigenvalue weighted by molar-refractivity contribution is -0.138. The second-order valence-corrected chi connectivity index (χ2v) is 9.04. The van der Waals surface area contributed by atoms with Crippen LogP contribution in [-0.4, -0.2) is 83.8 Å². The Morgan fingerprint density at radius 1 is 0.886 bits per heavy atom. The van der Waals surface area contributed by atoms with Crippen molar-refractivity contribution in [1.82, 2.24) is 14.7 Å². The summed E-state index contributed by atoms with van der Waals surface area (Å²) in [6, 6.07) is 6.49. The van der Waals surface area contributed by atoms with Crippen LogP contribution in [0.25, 0.3) is 0 Å². The first-order chi connectivity index (χ1) is 16.7. The van der Waals surface area contributed by atoms with Gasteiger partial charge in [0, 0.05) is 68.6 Å². The van der Waals surface area contributed by atoms with E-state index in [2.05, 4.69) is 10.2 Å². The highest BCUT2D eigenvalue weighted by molar-refractivity contribution is 6.05. The van der Waals surface area contributed by atoms with Gasteiger partial charge in [-0.05, 0) is 44.2 Å². The van der Waals surface area contributed by atoms with E-state index in [-0.39, 0.29) is 40.3 Å². The molecule has 2 aliphatic rings. The third-order valence-corrected chi connectivity index (χ3v) is 6.56. The molecule has 0 spiro atoms. The Kier molecular flexibility index (Phi) is 7.30. The maximum absolute atomic E-state index is 13.4. The number of carbonyl (C=O) groups is 3. The number of benzene rings is 2. The molecule has 2 N–H and O–H groups in total. The van der Waals surface area contributed by atoms with Crippen molar-refractivity contribution in [3.05, 3.63) is 59.2 Å². The lowest BCUT2D eigenvalue weighted by Gasteiger charge is -2.37. The lowest BCUT2D eigenvalue weighted by atomic mass is 9.94. The molecule has 3 amide bonds. The molecule has 10 heteroatoms. The number of piperazine rings is 1. The standard InChI is InChI=1S/C25H28F2N4O4/c1-29-8-10-31(11-9-29)24(34)16-4-6-30(7-5-16)25(35)21-3-2-20(15-22(21)32)28-23(33)17-12-18(26)14-19(27)13-17/h2-3,12-16,32H,4-11H2,1H3,(H,28,33). The van der Waals surface area contributed by atoms with Gasteiger partial charge in [-0.1, -0.05) is 0 Å². The molecule has 186 valence electrons. The SMILES string of the molecule is CN1CCN(C(=O)C2CCN(C(=O)c3ccc(NC(=O)c4cc(F)cc(F)c4)cc3O)CC2)CC1. The largest absolute Gasteiger partial charge is 0.507 e. The minimum atomic E-state index is -0.882. The number of hydrogen-bond donors (Lipinski definition) is 2. The molecular formula is C25H28F2N4O4. The Bertz CT molecular complexity index is 1110. The van der Waals surface area contributed by atoms with Crippen LogP contribution in [0.1, 0.15) is 33.6 Å². The van der Waals surface area contributed by atoms with Crippen molar-refractivity contribution in [2.45, 2.75) is 12.8 Å². The number of likely N-dealkylation sites (N-methyl/N-ethyl adjacent to an activating group) is 1. The quantitative estimate of drug-likeness (QED) is 0.693. The number of hydrogen-bond acceptors (Lipinski definition) is 5. The van der Waals surface area contributed by atoms with Crippen LogP contribution >= 0.6 is 0 Å². The number of nitrogens with one attached hydrogen (secondary N) is 1. The second-order valence-electron chi connectivity index (χ2n) is 9.04. The van der Waals surface area contributed by atoms with Gasteiger partial charge in [0.15, 0.2) is 0 Å². The number of likely N-dealkylation sites (tertiary alicyclic amines) is 1. The number of phenolic OH excluding ortho intramolecular Hbond substituents is 1. The average Bonchev–Trinajstić information content (AvgIpc) is 2.83. The molecule has 0 aromatic heterocycles. The summed E-state index contributed by atoms with van der Waals surface area (Å²) in [7, 11) is 2.04. The molecule has 2 fully saturated rings. The third kappa shape index (κ3) is 5.76. The van der Waals surface area contributed by atoms with Crippen LogP contribution in [0, 0.1) is 17.6 Å².